The molecular formula is C25H36N2O5S. The zero-order valence-corrected chi connectivity index (χ0v) is 21.4. The molecule has 2 aromatic rings. The fourth-order valence-electron chi connectivity index (χ4n) is 4.21. The van der Waals surface area contributed by atoms with Crippen LogP contribution < -0.4 is 9.04 Å². The maximum atomic E-state index is 13.4. The fourth-order valence-corrected chi connectivity index (χ4v) is 6.18. The second-order valence-electron chi connectivity index (χ2n) is 10.6. The quantitative estimate of drug-likeness (QED) is 0.625. The zero-order chi connectivity index (χ0) is 24.6. The number of benzene rings is 1. The monoisotopic (exact) mass is 476 g/mol. The lowest BCUT2D eigenvalue weighted by atomic mass is 9.77. The van der Waals surface area contributed by atoms with Crippen molar-refractivity contribution in [2.45, 2.75) is 70.1 Å². The standard InChI is InChI=1S/C25H36N2O5S/c1-24(2,3)19-13-17(14-20(25(4,5)6)23(19)32-16-31-7)22(28)21-10-12-27(33(21,29)30)18-9-8-11-26-15-18/h8-9,11,13-15,21-22,28H,10,12,16H2,1-7H3. The molecule has 33 heavy (non-hydrogen) atoms. The normalized spacial score (nSPS) is 19.5. The van der Waals surface area contributed by atoms with E-state index >= 15 is 0 Å². The van der Waals surface area contributed by atoms with Gasteiger partial charge in [0.05, 0.1) is 18.0 Å². The average molecular weight is 477 g/mol. The van der Waals surface area contributed by atoms with Crippen molar-refractivity contribution in [1.82, 2.24) is 4.98 Å². The molecule has 1 saturated heterocycles. The molecule has 7 nitrogen and oxygen atoms in total. The lowest BCUT2D eigenvalue weighted by Gasteiger charge is -2.32. The van der Waals surface area contributed by atoms with Crippen molar-refractivity contribution in [2.75, 3.05) is 24.8 Å². The zero-order valence-electron chi connectivity index (χ0n) is 20.6. The van der Waals surface area contributed by atoms with Crippen LogP contribution >= 0.6 is 0 Å². The number of aromatic nitrogens is 1. The number of sulfonamides is 1. The third-order valence-electron chi connectivity index (χ3n) is 5.98. The van der Waals surface area contributed by atoms with Gasteiger partial charge < -0.3 is 14.6 Å². The first kappa shape index (κ1) is 25.5. The highest BCUT2D eigenvalue weighted by molar-refractivity contribution is 7.93. The number of rotatable bonds is 6. The van der Waals surface area contributed by atoms with Crippen LogP contribution in [0.4, 0.5) is 5.69 Å². The van der Waals surface area contributed by atoms with E-state index in [1.165, 1.54) is 10.5 Å². The maximum Gasteiger partial charge on any atom is 0.241 e. The first-order chi connectivity index (χ1) is 15.3. The van der Waals surface area contributed by atoms with Crippen molar-refractivity contribution in [2.24, 2.45) is 0 Å². The maximum absolute atomic E-state index is 13.4. The van der Waals surface area contributed by atoms with Crippen molar-refractivity contribution in [3.8, 4) is 5.75 Å². The van der Waals surface area contributed by atoms with Gasteiger partial charge in [0.25, 0.3) is 0 Å². The Bertz CT molecular complexity index is 1040. The Kier molecular flexibility index (Phi) is 7.13. The molecule has 2 unspecified atom stereocenters. The number of methoxy groups -OCH3 is 1. The SMILES string of the molecule is COCOc1c(C(C)(C)C)cc(C(O)C2CCN(c3cccnc3)S2(=O)=O)cc1C(C)(C)C. The van der Waals surface area contributed by atoms with Crippen molar-refractivity contribution in [1.29, 1.82) is 0 Å². The molecule has 182 valence electrons. The summed E-state index contributed by atoms with van der Waals surface area (Å²) in [5.74, 6) is 0.721. The summed E-state index contributed by atoms with van der Waals surface area (Å²) in [6.07, 6.45) is 2.29. The van der Waals surface area contributed by atoms with Crippen LogP contribution in [0.15, 0.2) is 36.7 Å². The van der Waals surface area contributed by atoms with Gasteiger partial charge in [-0.2, -0.15) is 0 Å². The van der Waals surface area contributed by atoms with E-state index < -0.39 is 21.4 Å². The molecule has 1 aliphatic heterocycles. The number of pyridine rings is 1. The van der Waals surface area contributed by atoms with Gasteiger partial charge in [-0.05, 0) is 47.1 Å². The van der Waals surface area contributed by atoms with Gasteiger partial charge >= 0.3 is 0 Å². The Morgan fingerprint density at radius 1 is 1.15 bits per heavy atom. The smallest absolute Gasteiger partial charge is 0.241 e. The Labute approximate surface area is 197 Å². The molecule has 0 spiro atoms. The Morgan fingerprint density at radius 3 is 2.24 bits per heavy atom. The molecule has 1 fully saturated rings. The first-order valence-electron chi connectivity index (χ1n) is 11.2. The van der Waals surface area contributed by atoms with Gasteiger partial charge in [0, 0.05) is 31.0 Å². The van der Waals surface area contributed by atoms with Crippen molar-refractivity contribution >= 4 is 15.7 Å². The van der Waals surface area contributed by atoms with Crippen LogP contribution in [0.1, 0.15) is 70.8 Å². The number of aliphatic hydroxyl groups is 1. The topological polar surface area (TPSA) is 89.0 Å². The third-order valence-corrected chi connectivity index (χ3v) is 8.25. The van der Waals surface area contributed by atoms with Crippen LogP contribution in [0, 0.1) is 0 Å². The Hall–Kier alpha value is -2.16. The third kappa shape index (κ3) is 5.18. The minimum absolute atomic E-state index is 0.102. The van der Waals surface area contributed by atoms with Gasteiger partial charge in [0.2, 0.25) is 10.0 Å². The highest BCUT2D eigenvalue weighted by Gasteiger charge is 2.44. The van der Waals surface area contributed by atoms with E-state index in [0.29, 0.717) is 24.2 Å². The molecule has 8 heteroatoms. The predicted molar refractivity (Wildman–Crippen MR) is 130 cm³/mol. The van der Waals surface area contributed by atoms with Gasteiger partial charge in [-0.25, -0.2) is 8.42 Å². The highest BCUT2D eigenvalue weighted by Crippen LogP contribution is 2.44. The van der Waals surface area contributed by atoms with E-state index in [9.17, 15) is 13.5 Å². The van der Waals surface area contributed by atoms with Crippen LogP contribution in [-0.2, 0) is 25.6 Å². The summed E-state index contributed by atoms with van der Waals surface area (Å²) in [5.41, 5.74) is 2.31. The Morgan fingerprint density at radius 2 is 1.76 bits per heavy atom. The number of aliphatic hydroxyl groups excluding tert-OH is 1. The van der Waals surface area contributed by atoms with Gasteiger partial charge in [-0.15, -0.1) is 0 Å². The van der Waals surface area contributed by atoms with Crippen LogP contribution in [0.25, 0.3) is 0 Å². The fraction of sp³-hybridized carbons (Fsp3) is 0.560. The number of hydrogen-bond acceptors (Lipinski definition) is 6. The Balaban J connectivity index is 2.09. The molecule has 0 aliphatic carbocycles. The highest BCUT2D eigenvalue weighted by atomic mass is 32.2. The molecule has 1 aromatic heterocycles. The van der Waals surface area contributed by atoms with E-state index in [1.54, 1.807) is 25.4 Å². The molecule has 1 aliphatic rings. The number of anilines is 1. The summed E-state index contributed by atoms with van der Waals surface area (Å²) in [6, 6.07) is 7.19. The van der Waals surface area contributed by atoms with E-state index in [2.05, 4.69) is 46.5 Å². The van der Waals surface area contributed by atoms with E-state index in [-0.39, 0.29) is 17.6 Å². The molecule has 2 heterocycles. The molecule has 2 atom stereocenters. The lowest BCUT2D eigenvalue weighted by molar-refractivity contribution is 0.0483. The van der Waals surface area contributed by atoms with Crippen molar-refractivity contribution < 1.29 is 23.0 Å². The molecule has 3 rings (SSSR count). The van der Waals surface area contributed by atoms with E-state index in [1.807, 2.05) is 12.1 Å². The molecule has 0 radical (unpaired) electrons. The van der Waals surface area contributed by atoms with Crippen molar-refractivity contribution in [3.63, 3.8) is 0 Å². The second kappa shape index (κ2) is 9.24. The molecule has 1 N–H and O–H groups in total. The average Bonchev–Trinajstić information content (AvgIpc) is 3.04. The van der Waals surface area contributed by atoms with Crippen LogP contribution in [0.3, 0.4) is 0 Å². The summed E-state index contributed by atoms with van der Waals surface area (Å²) in [7, 11) is -2.18. The summed E-state index contributed by atoms with van der Waals surface area (Å²) < 4.78 is 39.3. The molecule has 1 aromatic carbocycles. The minimum Gasteiger partial charge on any atom is -0.467 e. The number of ether oxygens (including phenoxy) is 2. The van der Waals surface area contributed by atoms with E-state index in [0.717, 1.165) is 16.9 Å². The van der Waals surface area contributed by atoms with Crippen molar-refractivity contribution in [3.05, 3.63) is 53.3 Å². The largest absolute Gasteiger partial charge is 0.467 e. The molecular weight excluding hydrogens is 440 g/mol. The summed E-state index contributed by atoms with van der Waals surface area (Å²) in [6.45, 7) is 12.8. The molecule has 0 saturated carbocycles. The van der Waals surface area contributed by atoms with Crippen LogP contribution in [0.2, 0.25) is 0 Å². The number of hydrogen-bond donors (Lipinski definition) is 1. The first-order valence-corrected chi connectivity index (χ1v) is 12.7. The lowest BCUT2D eigenvalue weighted by Crippen LogP contribution is -2.33. The van der Waals surface area contributed by atoms with Crippen LogP contribution in [-0.4, -0.2) is 44.2 Å². The van der Waals surface area contributed by atoms with Gasteiger partial charge in [0.1, 0.15) is 11.0 Å². The number of nitrogens with zero attached hydrogens (tertiary/aromatic N) is 2. The second-order valence-corrected chi connectivity index (χ2v) is 12.7. The summed E-state index contributed by atoms with van der Waals surface area (Å²) in [4.78, 5) is 4.04. The summed E-state index contributed by atoms with van der Waals surface area (Å²) in [5, 5.41) is 10.4. The van der Waals surface area contributed by atoms with Gasteiger partial charge in [-0.3, -0.25) is 9.29 Å². The van der Waals surface area contributed by atoms with Crippen LogP contribution in [0.5, 0.6) is 5.75 Å². The predicted octanol–water partition coefficient (Wildman–Crippen LogP) is 4.30. The van der Waals surface area contributed by atoms with Gasteiger partial charge in [0.15, 0.2) is 6.79 Å². The minimum atomic E-state index is -3.76. The van der Waals surface area contributed by atoms with Gasteiger partial charge in [-0.1, -0.05) is 41.5 Å². The molecule has 0 bridgehead atoms. The summed E-state index contributed by atoms with van der Waals surface area (Å²) >= 11 is 0. The molecule has 0 amide bonds. The van der Waals surface area contributed by atoms with E-state index in [4.69, 9.17) is 9.47 Å².